The van der Waals surface area contributed by atoms with Gasteiger partial charge in [-0.2, -0.15) is 5.10 Å². The van der Waals surface area contributed by atoms with Gasteiger partial charge < -0.3 is 10.6 Å². The second-order valence-electron chi connectivity index (χ2n) is 4.67. The van der Waals surface area contributed by atoms with Crippen molar-refractivity contribution in [2.45, 2.75) is 13.0 Å². The van der Waals surface area contributed by atoms with E-state index in [1.807, 2.05) is 17.9 Å². The van der Waals surface area contributed by atoms with Crippen LogP contribution in [0, 0.1) is 0 Å². The first-order valence-electron chi connectivity index (χ1n) is 6.39. The highest BCUT2D eigenvalue weighted by Gasteiger charge is 2.24. The zero-order valence-electron chi connectivity index (χ0n) is 10.8. The minimum Gasteiger partial charge on any atom is -0.329 e. The minimum atomic E-state index is 0.322. The summed E-state index contributed by atoms with van der Waals surface area (Å²) in [4.78, 5) is 4.95. The average Bonchev–Trinajstić information content (AvgIpc) is 2.78. The number of nitrogens with zero attached hydrogens (tertiary/aromatic N) is 4. The van der Waals surface area contributed by atoms with Crippen LogP contribution in [0.2, 0.25) is 0 Å². The first-order chi connectivity index (χ1) is 8.24. The Bertz CT molecular complexity index is 340. The molecule has 1 aliphatic rings. The van der Waals surface area contributed by atoms with Gasteiger partial charge in [0.05, 0.1) is 12.2 Å². The lowest BCUT2D eigenvalue weighted by atomic mass is 10.1. The van der Waals surface area contributed by atoms with Crippen molar-refractivity contribution in [3.63, 3.8) is 0 Å². The number of hydrogen-bond acceptors (Lipinski definition) is 4. The Hall–Kier alpha value is -0.910. The molecular weight excluding hydrogens is 214 g/mol. The number of aromatic nitrogens is 2. The van der Waals surface area contributed by atoms with Crippen molar-refractivity contribution < 1.29 is 0 Å². The standard InChI is InChI=1S/C12H23N5/c1-3-16-4-6-17(7-5-16)12(8-13)11-9-14-15(2)10-11/h9-10,12H,3-8,13H2,1-2H3. The normalized spacial score (nSPS) is 20.6. The van der Waals surface area contributed by atoms with Gasteiger partial charge in [-0.05, 0) is 6.54 Å². The van der Waals surface area contributed by atoms with Gasteiger partial charge in [0.1, 0.15) is 0 Å². The van der Waals surface area contributed by atoms with Gasteiger partial charge in [-0.25, -0.2) is 0 Å². The molecule has 1 unspecified atom stereocenters. The van der Waals surface area contributed by atoms with E-state index >= 15 is 0 Å². The molecule has 0 amide bonds. The number of nitrogens with two attached hydrogens (primary N) is 1. The summed E-state index contributed by atoms with van der Waals surface area (Å²) in [5, 5.41) is 4.24. The van der Waals surface area contributed by atoms with Crippen molar-refractivity contribution in [1.82, 2.24) is 19.6 Å². The Morgan fingerprint density at radius 1 is 1.35 bits per heavy atom. The summed E-state index contributed by atoms with van der Waals surface area (Å²) >= 11 is 0. The van der Waals surface area contributed by atoms with Crippen LogP contribution in [-0.2, 0) is 7.05 Å². The summed E-state index contributed by atoms with van der Waals surface area (Å²) in [7, 11) is 1.95. The van der Waals surface area contributed by atoms with Crippen molar-refractivity contribution in [2.24, 2.45) is 12.8 Å². The molecule has 1 atom stereocenters. The summed E-state index contributed by atoms with van der Waals surface area (Å²) in [6.45, 7) is 8.53. The average molecular weight is 237 g/mol. The maximum Gasteiger partial charge on any atom is 0.0538 e. The third-order valence-corrected chi connectivity index (χ3v) is 3.63. The molecule has 0 saturated carbocycles. The monoisotopic (exact) mass is 237 g/mol. The fourth-order valence-electron chi connectivity index (χ4n) is 2.50. The van der Waals surface area contributed by atoms with Gasteiger partial charge in [0.25, 0.3) is 0 Å². The van der Waals surface area contributed by atoms with Gasteiger partial charge >= 0.3 is 0 Å². The van der Waals surface area contributed by atoms with E-state index in [-0.39, 0.29) is 0 Å². The van der Waals surface area contributed by atoms with Crippen molar-refractivity contribution in [3.8, 4) is 0 Å². The molecule has 0 radical (unpaired) electrons. The number of rotatable bonds is 4. The fourth-order valence-corrected chi connectivity index (χ4v) is 2.50. The van der Waals surface area contributed by atoms with E-state index in [0.717, 1.165) is 32.7 Å². The second kappa shape index (κ2) is 5.62. The van der Waals surface area contributed by atoms with E-state index in [9.17, 15) is 0 Å². The third kappa shape index (κ3) is 2.86. The smallest absolute Gasteiger partial charge is 0.0538 e. The van der Waals surface area contributed by atoms with Crippen LogP contribution in [0.3, 0.4) is 0 Å². The SMILES string of the molecule is CCN1CCN(C(CN)c2cnn(C)c2)CC1. The molecule has 0 aromatic carbocycles. The van der Waals surface area contributed by atoms with Crippen LogP contribution in [-0.4, -0.2) is 58.8 Å². The van der Waals surface area contributed by atoms with Crippen LogP contribution in [0.25, 0.3) is 0 Å². The van der Waals surface area contributed by atoms with Crippen LogP contribution in [0.15, 0.2) is 12.4 Å². The summed E-state index contributed by atoms with van der Waals surface area (Å²) < 4.78 is 1.85. The molecule has 0 bridgehead atoms. The maximum absolute atomic E-state index is 5.92. The number of aryl methyl sites for hydroxylation is 1. The highest BCUT2D eigenvalue weighted by Crippen LogP contribution is 2.20. The van der Waals surface area contributed by atoms with Gasteiger partial charge in [-0.1, -0.05) is 6.92 Å². The molecule has 1 saturated heterocycles. The lowest BCUT2D eigenvalue weighted by Crippen LogP contribution is -2.48. The van der Waals surface area contributed by atoms with Crippen LogP contribution in [0.1, 0.15) is 18.5 Å². The van der Waals surface area contributed by atoms with Gasteiger partial charge in [0.15, 0.2) is 0 Å². The van der Waals surface area contributed by atoms with E-state index < -0.39 is 0 Å². The lowest BCUT2D eigenvalue weighted by molar-refractivity contribution is 0.102. The topological polar surface area (TPSA) is 50.3 Å². The van der Waals surface area contributed by atoms with Crippen molar-refractivity contribution >= 4 is 0 Å². The van der Waals surface area contributed by atoms with E-state index in [4.69, 9.17) is 5.73 Å². The molecule has 17 heavy (non-hydrogen) atoms. The van der Waals surface area contributed by atoms with Gasteiger partial charge in [-0.15, -0.1) is 0 Å². The number of hydrogen-bond donors (Lipinski definition) is 1. The lowest BCUT2D eigenvalue weighted by Gasteiger charge is -2.38. The van der Waals surface area contributed by atoms with Gasteiger partial charge in [0.2, 0.25) is 0 Å². The first kappa shape index (κ1) is 12.5. The molecular formula is C12H23N5. The molecule has 0 aliphatic carbocycles. The van der Waals surface area contributed by atoms with Crippen LogP contribution in [0.4, 0.5) is 0 Å². The second-order valence-corrected chi connectivity index (χ2v) is 4.67. The zero-order valence-corrected chi connectivity index (χ0v) is 10.8. The number of piperazine rings is 1. The zero-order chi connectivity index (χ0) is 12.3. The minimum absolute atomic E-state index is 0.322. The van der Waals surface area contributed by atoms with E-state index in [2.05, 4.69) is 28.0 Å². The molecule has 1 aromatic heterocycles. The summed E-state index contributed by atoms with van der Waals surface area (Å²) in [5.74, 6) is 0. The fraction of sp³-hybridized carbons (Fsp3) is 0.750. The molecule has 96 valence electrons. The predicted octanol–water partition coefficient (Wildman–Crippen LogP) is 0.0574. The van der Waals surface area contributed by atoms with Crippen molar-refractivity contribution in [2.75, 3.05) is 39.3 Å². The Morgan fingerprint density at radius 3 is 2.53 bits per heavy atom. The molecule has 0 spiro atoms. The van der Waals surface area contributed by atoms with Crippen LogP contribution >= 0.6 is 0 Å². The van der Waals surface area contributed by atoms with Gasteiger partial charge in [0, 0.05) is 51.5 Å². The molecule has 1 aliphatic heterocycles. The molecule has 5 heteroatoms. The van der Waals surface area contributed by atoms with E-state index in [0.29, 0.717) is 12.6 Å². The van der Waals surface area contributed by atoms with Gasteiger partial charge in [-0.3, -0.25) is 9.58 Å². The predicted molar refractivity (Wildman–Crippen MR) is 68.7 cm³/mol. The number of likely N-dealkylation sites (N-methyl/N-ethyl adjacent to an activating group) is 1. The first-order valence-corrected chi connectivity index (χ1v) is 6.39. The van der Waals surface area contributed by atoms with Crippen LogP contribution < -0.4 is 5.73 Å². The summed E-state index contributed by atoms with van der Waals surface area (Å²) in [6, 6.07) is 0.322. The van der Waals surface area contributed by atoms with Crippen molar-refractivity contribution in [3.05, 3.63) is 18.0 Å². The summed E-state index contributed by atoms with van der Waals surface area (Å²) in [6.07, 6.45) is 4.01. The Kier molecular flexibility index (Phi) is 4.15. The van der Waals surface area contributed by atoms with E-state index in [1.54, 1.807) is 0 Å². The quantitative estimate of drug-likeness (QED) is 0.804. The molecule has 1 fully saturated rings. The Balaban J connectivity index is 2.00. The Labute approximate surface area is 103 Å². The maximum atomic E-state index is 5.92. The molecule has 2 N–H and O–H groups in total. The Morgan fingerprint density at radius 2 is 2.06 bits per heavy atom. The molecule has 2 rings (SSSR count). The highest BCUT2D eigenvalue weighted by atomic mass is 15.3. The third-order valence-electron chi connectivity index (χ3n) is 3.63. The van der Waals surface area contributed by atoms with Crippen LogP contribution in [0.5, 0.6) is 0 Å². The molecule has 1 aromatic rings. The molecule has 2 heterocycles. The molecule has 5 nitrogen and oxygen atoms in total. The highest BCUT2D eigenvalue weighted by molar-refractivity contribution is 5.11. The largest absolute Gasteiger partial charge is 0.329 e. The van der Waals surface area contributed by atoms with Crippen molar-refractivity contribution in [1.29, 1.82) is 0 Å². The summed E-state index contributed by atoms with van der Waals surface area (Å²) in [5.41, 5.74) is 7.16. The van der Waals surface area contributed by atoms with E-state index in [1.165, 1.54) is 5.56 Å².